The number of fused-ring (bicyclic) bond motifs is 1. The molecule has 0 aromatic heterocycles. The van der Waals surface area contributed by atoms with Crippen LogP contribution in [0.3, 0.4) is 0 Å². The predicted molar refractivity (Wildman–Crippen MR) is 135 cm³/mol. The zero-order chi connectivity index (χ0) is 23.2. The van der Waals surface area contributed by atoms with E-state index in [9.17, 15) is 13.0 Å². The third-order valence-corrected chi connectivity index (χ3v) is 7.40. The van der Waals surface area contributed by atoms with Crippen molar-refractivity contribution in [3.8, 4) is 0 Å². The number of hydrogen-bond donors (Lipinski definition) is 0. The zero-order valence-corrected chi connectivity index (χ0v) is 24.1. The van der Waals surface area contributed by atoms with Crippen LogP contribution in [0, 0.1) is 0 Å². The van der Waals surface area contributed by atoms with Crippen molar-refractivity contribution in [1.29, 1.82) is 0 Å². The molecule has 2 aromatic rings. The van der Waals surface area contributed by atoms with Crippen molar-refractivity contribution in [1.82, 2.24) is 0 Å². The average Bonchev–Trinajstić information content (AvgIpc) is 2.77. The standard InChI is InChI=1S/C28H44O3S.Na/c1-3-5-7-9-11-13-15-17-24-19-20-25-23-26(32(29,30)31)21-22-28(25)27(24)18-16-14-12-10-8-6-4-2;/h19-23H,3-18H2,1-2H3,(H,29,30,31);/q;+1/p-1. The predicted octanol–water partition coefficient (Wildman–Crippen LogP) is 5.33. The molecule has 0 amide bonds. The molecule has 0 aliphatic heterocycles. The summed E-state index contributed by atoms with van der Waals surface area (Å²) >= 11 is 0. The first-order chi connectivity index (χ1) is 15.5. The summed E-state index contributed by atoms with van der Waals surface area (Å²) in [5.74, 6) is 0. The molecular weight excluding hydrogens is 439 g/mol. The summed E-state index contributed by atoms with van der Waals surface area (Å²) in [7, 11) is -4.43. The summed E-state index contributed by atoms with van der Waals surface area (Å²) in [6.07, 6.45) is 20.2. The molecule has 0 N–H and O–H groups in total. The van der Waals surface area contributed by atoms with Crippen molar-refractivity contribution in [3.05, 3.63) is 41.5 Å². The molecule has 0 bridgehead atoms. The Morgan fingerprint density at radius 1 is 0.667 bits per heavy atom. The fourth-order valence-electron chi connectivity index (χ4n) is 4.63. The van der Waals surface area contributed by atoms with Gasteiger partial charge in [-0.2, -0.15) is 0 Å². The van der Waals surface area contributed by atoms with E-state index in [4.69, 9.17) is 0 Å². The van der Waals surface area contributed by atoms with Crippen LogP contribution < -0.4 is 29.6 Å². The molecule has 2 rings (SSSR count). The van der Waals surface area contributed by atoms with E-state index in [1.807, 2.05) is 12.1 Å². The van der Waals surface area contributed by atoms with Crippen molar-refractivity contribution >= 4 is 20.9 Å². The maximum atomic E-state index is 11.5. The molecule has 3 nitrogen and oxygen atoms in total. The minimum Gasteiger partial charge on any atom is -0.744 e. The normalized spacial score (nSPS) is 11.6. The second-order valence-electron chi connectivity index (χ2n) is 9.28. The molecule has 0 heterocycles. The Morgan fingerprint density at radius 2 is 1.18 bits per heavy atom. The van der Waals surface area contributed by atoms with Crippen LogP contribution in [0.15, 0.2) is 35.2 Å². The van der Waals surface area contributed by atoms with Crippen molar-refractivity contribution in [3.63, 3.8) is 0 Å². The van der Waals surface area contributed by atoms with E-state index < -0.39 is 10.1 Å². The molecule has 180 valence electrons. The summed E-state index contributed by atoms with van der Waals surface area (Å²) in [5, 5.41) is 1.98. The third kappa shape index (κ3) is 11.3. The Morgan fingerprint density at radius 3 is 1.73 bits per heavy atom. The number of benzene rings is 2. The van der Waals surface area contributed by atoms with Crippen molar-refractivity contribution in [2.45, 2.75) is 121 Å². The second kappa shape index (κ2) is 17.1. The van der Waals surface area contributed by atoms with Crippen LogP contribution in [0.25, 0.3) is 10.8 Å². The van der Waals surface area contributed by atoms with E-state index in [1.165, 1.54) is 101 Å². The van der Waals surface area contributed by atoms with Gasteiger partial charge in [-0.15, -0.1) is 0 Å². The van der Waals surface area contributed by atoms with Crippen LogP contribution in [0.5, 0.6) is 0 Å². The maximum Gasteiger partial charge on any atom is 1.00 e. The van der Waals surface area contributed by atoms with Crippen LogP contribution in [-0.4, -0.2) is 13.0 Å². The topological polar surface area (TPSA) is 57.2 Å². The number of hydrogen-bond acceptors (Lipinski definition) is 3. The minimum absolute atomic E-state index is 0. The summed E-state index contributed by atoms with van der Waals surface area (Å²) in [6, 6.07) is 9.04. The SMILES string of the molecule is CCCCCCCCCc1ccc2cc(S(=O)(=O)[O-])ccc2c1CCCCCCCCC.[Na+]. The molecule has 0 atom stereocenters. The van der Waals surface area contributed by atoms with Gasteiger partial charge in [0.25, 0.3) is 0 Å². The first-order valence-corrected chi connectivity index (χ1v) is 14.4. The van der Waals surface area contributed by atoms with E-state index >= 15 is 0 Å². The Kier molecular flexibility index (Phi) is 15.9. The van der Waals surface area contributed by atoms with Gasteiger partial charge in [0, 0.05) is 0 Å². The maximum absolute atomic E-state index is 11.5. The van der Waals surface area contributed by atoms with Crippen LogP contribution in [0.1, 0.15) is 115 Å². The molecule has 0 unspecified atom stereocenters. The summed E-state index contributed by atoms with van der Waals surface area (Å²) in [4.78, 5) is -0.133. The minimum atomic E-state index is -4.43. The van der Waals surface area contributed by atoms with Gasteiger partial charge in [-0.3, -0.25) is 0 Å². The van der Waals surface area contributed by atoms with Crippen LogP contribution in [0.4, 0.5) is 0 Å². The van der Waals surface area contributed by atoms with Crippen molar-refractivity contribution < 1.29 is 42.5 Å². The quantitative estimate of drug-likeness (QED) is 0.174. The molecule has 33 heavy (non-hydrogen) atoms. The van der Waals surface area contributed by atoms with Gasteiger partial charge in [0.1, 0.15) is 10.1 Å². The van der Waals surface area contributed by atoms with Crippen LogP contribution >= 0.6 is 0 Å². The zero-order valence-electron chi connectivity index (χ0n) is 21.3. The number of aryl methyl sites for hydroxylation is 2. The second-order valence-corrected chi connectivity index (χ2v) is 10.7. The average molecular weight is 483 g/mol. The summed E-state index contributed by atoms with van der Waals surface area (Å²) < 4.78 is 34.4. The van der Waals surface area contributed by atoms with Gasteiger partial charge in [-0.1, -0.05) is 109 Å². The van der Waals surface area contributed by atoms with E-state index in [0.29, 0.717) is 0 Å². The van der Waals surface area contributed by atoms with Gasteiger partial charge in [-0.05, 0) is 59.7 Å². The Labute approximate surface area is 225 Å². The molecule has 0 aliphatic carbocycles. The van der Waals surface area contributed by atoms with E-state index in [0.717, 1.165) is 30.0 Å². The van der Waals surface area contributed by atoms with Gasteiger partial charge in [-0.25, -0.2) is 8.42 Å². The first kappa shape index (κ1) is 30.6. The summed E-state index contributed by atoms with van der Waals surface area (Å²) in [6.45, 7) is 4.50. The van der Waals surface area contributed by atoms with Gasteiger partial charge < -0.3 is 4.55 Å². The van der Waals surface area contributed by atoms with Crippen molar-refractivity contribution in [2.24, 2.45) is 0 Å². The fraction of sp³-hybridized carbons (Fsp3) is 0.643. The van der Waals surface area contributed by atoms with Crippen molar-refractivity contribution in [2.75, 3.05) is 0 Å². The summed E-state index contributed by atoms with van der Waals surface area (Å²) in [5.41, 5.74) is 2.76. The smallest absolute Gasteiger partial charge is 0.744 e. The molecule has 0 aliphatic rings. The van der Waals surface area contributed by atoms with Gasteiger partial charge in [0.15, 0.2) is 0 Å². The Balaban J connectivity index is 0.00000544. The molecule has 2 aromatic carbocycles. The van der Waals surface area contributed by atoms with Crippen LogP contribution in [-0.2, 0) is 23.0 Å². The molecule has 0 saturated carbocycles. The number of rotatable bonds is 17. The molecule has 0 fully saturated rings. The fourth-order valence-corrected chi connectivity index (χ4v) is 5.14. The Bertz CT molecular complexity index is 909. The first-order valence-electron chi connectivity index (χ1n) is 13.0. The molecular formula is C28H43NaO3S. The van der Waals surface area contributed by atoms with E-state index in [2.05, 4.69) is 19.9 Å². The van der Waals surface area contributed by atoms with E-state index in [1.54, 1.807) is 6.07 Å². The molecule has 0 spiro atoms. The van der Waals surface area contributed by atoms with Gasteiger partial charge >= 0.3 is 29.6 Å². The molecule has 5 heteroatoms. The molecule has 0 saturated heterocycles. The Hall–Kier alpha value is -0.390. The third-order valence-electron chi connectivity index (χ3n) is 6.57. The van der Waals surface area contributed by atoms with E-state index in [-0.39, 0.29) is 34.5 Å². The largest absolute Gasteiger partial charge is 1.00 e. The number of unbranched alkanes of at least 4 members (excludes halogenated alkanes) is 12. The van der Waals surface area contributed by atoms with Gasteiger partial charge in [0.05, 0.1) is 4.90 Å². The monoisotopic (exact) mass is 482 g/mol. The van der Waals surface area contributed by atoms with Crippen LogP contribution in [0.2, 0.25) is 0 Å². The molecule has 0 radical (unpaired) electrons. The van der Waals surface area contributed by atoms with Gasteiger partial charge in [0.2, 0.25) is 0 Å².